The molecule has 1 aliphatic heterocycles. The van der Waals surface area contributed by atoms with E-state index in [9.17, 15) is 8.42 Å². The summed E-state index contributed by atoms with van der Waals surface area (Å²) in [6.07, 6.45) is 3.39. The van der Waals surface area contributed by atoms with Crippen LogP contribution in [0, 0.1) is 0 Å². The third-order valence-corrected chi connectivity index (χ3v) is 6.09. The van der Waals surface area contributed by atoms with Crippen LogP contribution in [0.2, 0.25) is 0 Å². The molecule has 0 bridgehead atoms. The Balaban J connectivity index is 1.70. The molecule has 7 heteroatoms. The van der Waals surface area contributed by atoms with Crippen molar-refractivity contribution in [3.05, 3.63) is 22.7 Å². The lowest BCUT2D eigenvalue weighted by molar-refractivity contribution is 0.322. The Bertz CT molecular complexity index is 616. The highest BCUT2D eigenvalue weighted by molar-refractivity contribution is 9.10. The van der Waals surface area contributed by atoms with Gasteiger partial charge >= 0.3 is 0 Å². The molecule has 0 amide bonds. The van der Waals surface area contributed by atoms with Gasteiger partial charge in [-0.2, -0.15) is 0 Å². The number of nitrogens with two attached hydrogens (primary N) is 1. The SMILES string of the molecule is Nc1ccc(S(=O)(=O)NC2CCN(C3CC3)C2)cc1Br. The van der Waals surface area contributed by atoms with E-state index < -0.39 is 10.0 Å². The van der Waals surface area contributed by atoms with Gasteiger partial charge in [-0.05, 0) is 53.4 Å². The Kier molecular flexibility index (Phi) is 3.79. The monoisotopic (exact) mass is 359 g/mol. The number of halogens is 1. The predicted molar refractivity (Wildman–Crippen MR) is 81.9 cm³/mol. The van der Waals surface area contributed by atoms with Crippen molar-refractivity contribution < 1.29 is 8.42 Å². The van der Waals surface area contributed by atoms with Gasteiger partial charge in [0.25, 0.3) is 0 Å². The van der Waals surface area contributed by atoms with Gasteiger partial charge in [0.05, 0.1) is 4.90 Å². The van der Waals surface area contributed by atoms with E-state index in [1.54, 1.807) is 12.1 Å². The Labute approximate surface area is 127 Å². The maximum atomic E-state index is 12.4. The van der Waals surface area contributed by atoms with Crippen molar-refractivity contribution in [3.8, 4) is 0 Å². The lowest BCUT2D eigenvalue weighted by atomic mass is 10.3. The third kappa shape index (κ3) is 3.00. The summed E-state index contributed by atoms with van der Waals surface area (Å²) < 4.78 is 28.1. The van der Waals surface area contributed by atoms with Gasteiger partial charge in [-0.15, -0.1) is 0 Å². The van der Waals surface area contributed by atoms with Crippen molar-refractivity contribution in [1.82, 2.24) is 9.62 Å². The number of hydrogen-bond donors (Lipinski definition) is 2. The molecule has 0 spiro atoms. The van der Waals surface area contributed by atoms with E-state index in [1.165, 1.54) is 18.9 Å². The summed E-state index contributed by atoms with van der Waals surface area (Å²) >= 11 is 3.26. The van der Waals surface area contributed by atoms with Crippen LogP contribution in [-0.2, 0) is 10.0 Å². The van der Waals surface area contributed by atoms with Crippen LogP contribution in [0.4, 0.5) is 5.69 Å². The second-order valence-corrected chi connectivity index (χ2v) is 8.08. The molecule has 2 aliphatic rings. The fourth-order valence-corrected chi connectivity index (χ4v) is 4.44. The molecule has 1 unspecified atom stereocenters. The molecule has 3 rings (SSSR count). The maximum Gasteiger partial charge on any atom is 0.240 e. The summed E-state index contributed by atoms with van der Waals surface area (Å²) in [4.78, 5) is 2.63. The topological polar surface area (TPSA) is 75.4 Å². The average molecular weight is 360 g/mol. The van der Waals surface area contributed by atoms with Crippen LogP contribution in [0.15, 0.2) is 27.6 Å². The van der Waals surface area contributed by atoms with E-state index in [-0.39, 0.29) is 10.9 Å². The fourth-order valence-electron chi connectivity index (χ4n) is 2.62. The van der Waals surface area contributed by atoms with Gasteiger partial charge in [-0.1, -0.05) is 0 Å². The minimum absolute atomic E-state index is 0.0110. The Hall–Kier alpha value is -0.630. The zero-order chi connectivity index (χ0) is 14.3. The molecule has 110 valence electrons. The van der Waals surface area contributed by atoms with Crippen molar-refractivity contribution in [3.63, 3.8) is 0 Å². The first-order chi connectivity index (χ1) is 9.45. The lowest BCUT2D eigenvalue weighted by Gasteiger charge is -2.16. The number of nitrogens with zero attached hydrogens (tertiary/aromatic N) is 1. The first-order valence-electron chi connectivity index (χ1n) is 6.77. The zero-order valence-corrected chi connectivity index (χ0v) is 13.5. The molecular formula is C13H18BrN3O2S. The Morgan fingerprint density at radius 3 is 2.70 bits per heavy atom. The van der Waals surface area contributed by atoms with Crippen molar-refractivity contribution >= 4 is 31.6 Å². The highest BCUT2D eigenvalue weighted by Gasteiger charge is 2.35. The highest BCUT2D eigenvalue weighted by Crippen LogP contribution is 2.30. The Morgan fingerprint density at radius 2 is 2.05 bits per heavy atom. The maximum absolute atomic E-state index is 12.4. The van der Waals surface area contributed by atoms with E-state index in [0.717, 1.165) is 19.5 Å². The molecule has 1 heterocycles. The number of hydrogen-bond acceptors (Lipinski definition) is 4. The molecule has 1 aliphatic carbocycles. The number of benzene rings is 1. The number of rotatable bonds is 4. The van der Waals surface area contributed by atoms with Crippen LogP contribution in [0.25, 0.3) is 0 Å². The quantitative estimate of drug-likeness (QED) is 0.799. The molecular weight excluding hydrogens is 342 g/mol. The van der Waals surface area contributed by atoms with Crippen LogP contribution in [-0.4, -0.2) is 38.5 Å². The van der Waals surface area contributed by atoms with E-state index >= 15 is 0 Å². The number of sulfonamides is 1. The zero-order valence-electron chi connectivity index (χ0n) is 11.0. The molecule has 3 N–H and O–H groups in total. The second-order valence-electron chi connectivity index (χ2n) is 5.52. The van der Waals surface area contributed by atoms with Gasteiger partial charge < -0.3 is 5.73 Å². The largest absolute Gasteiger partial charge is 0.398 e. The van der Waals surface area contributed by atoms with Crippen LogP contribution in [0.1, 0.15) is 19.3 Å². The molecule has 5 nitrogen and oxygen atoms in total. The van der Waals surface area contributed by atoms with E-state index in [2.05, 4.69) is 25.6 Å². The Morgan fingerprint density at radius 1 is 1.30 bits per heavy atom. The summed E-state index contributed by atoms with van der Waals surface area (Å²) in [6, 6.07) is 5.39. The van der Waals surface area contributed by atoms with E-state index in [1.807, 2.05) is 0 Å². The highest BCUT2D eigenvalue weighted by atomic mass is 79.9. The standard InChI is InChI=1S/C13H18BrN3O2S/c14-12-7-11(3-4-13(12)15)20(18,19)16-9-5-6-17(8-9)10-1-2-10/h3-4,7,9-10,16H,1-2,5-6,8,15H2. The summed E-state index contributed by atoms with van der Waals surface area (Å²) in [5, 5.41) is 0. The van der Waals surface area contributed by atoms with Crippen molar-refractivity contribution in [2.75, 3.05) is 18.8 Å². The fraction of sp³-hybridized carbons (Fsp3) is 0.538. The number of anilines is 1. The van der Waals surface area contributed by atoms with E-state index in [0.29, 0.717) is 16.2 Å². The average Bonchev–Trinajstić information content (AvgIpc) is 3.14. The first kappa shape index (κ1) is 14.3. The van der Waals surface area contributed by atoms with Crippen molar-refractivity contribution in [2.24, 2.45) is 0 Å². The molecule has 0 radical (unpaired) electrons. The van der Waals surface area contributed by atoms with Gasteiger partial charge in [-0.25, -0.2) is 13.1 Å². The minimum Gasteiger partial charge on any atom is -0.398 e. The smallest absolute Gasteiger partial charge is 0.240 e. The predicted octanol–water partition coefficient (Wildman–Crippen LogP) is 1.55. The second kappa shape index (κ2) is 5.29. The number of nitrogen functional groups attached to an aromatic ring is 1. The molecule has 1 aromatic rings. The molecule has 1 atom stereocenters. The molecule has 1 aromatic carbocycles. The normalized spacial score (nSPS) is 24.1. The summed E-state index contributed by atoms with van der Waals surface area (Å²) in [5.41, 5.74) is 6.22. The van der Waals surface area contributed by atoms with Gasteiger partial charge in [-0.3, -0.25) is 4.90 Å². The van der Waals surface area contributed by atoms with E-state index in [4.69, 9.17) is 5.73 Å². The molecule has 20 heavy (non-hydrogen) atoms. The molecule has 1 saturated carbocycles. The molecule has 2 fully saturated rings. The summed E-state index contributed by atoms with van der Waals surface area (Å²) in [6.45, 7) is 1.81. The number of likely N-dealkylation sites (tertiary alicyclic amines) is 1. The van der Waals surface area contributed by atoms with Crippen LogP contribution in [0.3, 0.4) is 0 Å². The van der Waals surface area contributed by atoms with Crippen LogP contribution >= 0.6 is 15.9 Å². The summed E-state index contributed by atoms with van der Waals surface area (Å²) in [5.74, 6) is 0. The van der Waals surface area contributed by atoms with Gasteiger partial charge in [0, 0.05) is 35.3 Å². The van der Waals surface area contributed by atoms with Gasteiger partial charge in [0.15, 0.2) is 0 Å². The minimum atomic E-state index is -3.47. The molecule has 1 saturated heterocycles. The van der Waals surface area contributed by atoms with Crippen molar-refractivity contribution in [1.29, 1.82) is 0 Å². The first-order valence-corrected chi connectivity index (χ1v) is 9.05. The van der Waals surface area contributed by atoms with Crippen LogP contribution < -0.4 is 10.5 Å². The third-order valence-electron chi connectivity index (χ3n) is 3.89. The van der Waals surface area contributed by atoms with Gasteiger partial charge in [0.2, 0.25) is 10.0 Å². The van der Waals surface area contributed by atoms with Crippen molar-refractivity contribution in [2.45, 2.75) is 36.2 Å². The summed E-state index contributed by atoms with van der Waals surface area (Å²) in [7, 11) is -3.47. The molecule has 0 aromatic heterocycles. The van der Waals surface area contributed by atoms with Crippen LogP contribution in [0.5, 0.6) is 0 Å². The van der Waals surface area contributed by atoms with Gasteiger partial charge in [0.1, 0.15) is 0 Å². The lowest BCUT2D eigenvalue weighted by Crippen LogP contribution is -2.37. The number of nitrogens with one attached hydrogen (secondary N) is 1.